The van der Waals surface area contributed by atoms with Crippen LogP contribution in [-0.2, 0) is 0 Å². The van der Waals surface area contributed by atoms with Crippen molar-refractivity contribution < 1.29 is 4.39 Å². The summed E-state index contributed by atoms with van der Waals surface area (Å²) >= 11 is 12.4. The third-order valence-corrected chi connectivity index (χ3v) is 3.63. The van der Waals surface area contributed by atoms with Crippen LogP contribution in [0.4, 0.5) is 4.39 Å². The van der Waals surface area contributed by atoms with Crippen molar-refractivity contribution in [2.75, 3.05) is 0 Å². The minimum Gasteiger partial charge on any atom is -0.226 e. The molecule has 5 heteroatoms. The first-order chi connectivity index (χ1) is 9.56. The van der Waals surface area contributed by atoms with Crippen LogP contribution in [0, 0.1) is 12.7 Å². The molecule has 0 atom stereocenters. The number of halogens is 3. The number of fused-ring (bicyclic) bond motifs is 1. The fraction of sp³-hybridized carbons (Fsp3) is 0.0667. The molecule has 1 heterocycles. The van der Waals surface area contributed by atoms with Crippen molar-refractivity contribution in [3.63, 3.8) is 0 Å². The van der Waals surface area contributed by atoms with Crippen molar-refractivity contribution >= 4 is 34.1 Å². The second-order valence-electron chi connectivity index (χ2n) is 4.44. The van der Waals surface area contributed by atoms with Crippen LogP contribution in [0.2, 0.25) is 10.2 Å². The van der Waals surface area contributed by atoms with E-state index in [9.17, 15) is 4.39 Å². The van der Waals surface area contributed by atoms with Gasteiger partial charge in [0.25, 0.3) is 0 Å². The van der Waals surface area contributed by atoms with Gasteiger partial charge >= 0.3 is 0 Å². The molecule has 3 rings (SSSR count). The highest BCUT2D eigenvalue weighted by Crippen LogP contribution is 2.31. The van der Waals surface area contributed by atoms with E-state index in [2.05, 4.69) is 9.97 Å². The summed E-state index contributed by atoms with van der Waals surface area (Å²) in [6, 6.07) is 9.68. The van der Waals surface area contributed by atoms with Crippen LogP contribution >= 0.6 is 23.2 Å². The van der Waals surface area contributed by atoms with Crippen LogP contribution in [-0.4, -0.2) is 9.97 Å². The molecule has 0 saturated heterocycles. The summed E-state index contributed by atoms with van der Waals surface area (Å²) in [5, 5.41) is 1.53. The average Bonchev–Trinajstić information content (AvgIpc) is 2.42. The van der Waals surface area contributed by atoms with Gasteiger partial charge in [-0.1, -0.05) is 41.4 Å². The number of nitrogens with zero attached hydrogens (tertiary/aromatic N) is 2. The Kier molecular flexibility index (Phi) is 3.32. The van der Waals surface area contributed by atoms with E-state index in [0.717, 1.165) is 10.9 Å². The maximum Gasteiger partial charge on any atom is 0.161 e. The number of hydrogen-bond donors (Lipinski definition) is 0. The van der Waals surface area contributed by atoms with Crippen LogP contribution in [0.15, 0.2) is 36.4 Å². The van der Waals surface area contributed by atoms with Crippen molar-refractivity contribution in [2.24, 2.45) is 0 Å². The summed E-state index contributed by atoms with van der Waals surface area (Å²) in [5.74, 6) is 0.00663. The monoisotopic (exact) mass is 306 g/mol. The predicted octanol–water partition coefficient (Wildman–Crippen LogP) is 5.05. The first-order valence-electron chi connectivity index (χ1n) is 5.94. The number of benzene rings is 2. The van der Waals surface area contributed by atoms with Gasteiger partial charge in [-0.15, -0.1) is 0 Å². The second-order valence-corrected chi connectivity index (χ2v) is 5.20. The Labute approximate surface area is 125 Å². The van der Waals surface area contributed by atoms with Gasteiger partial charge in [0.15, 0.2) is 5.82 Å². The molecule has 0 spiro atoms. The largest absolute Gasteiger partial charge is 0.226 e. The minimum absolute atomic E-state index is 0.314. The van der Waals surface area contributed by atoms with E-state index < -0.39 is 0 Å². The molecule has 0 unspecified atom stereocenters. The summed E-state index contributed by atoms with van der Waals surface area (Å²) in [4.78, 5) is 8.66. The molecule has 0 radical (unpaired) electrons. The first-order valence-corrected chi connectivity index (χ1v) is 6.70. The second kappa shape index (κ2) is 5.00. The van der Waals surface area contributed by atoms with Gasteiger partial charge in [-0.3, -0.25) is 0 Å². The third-order valence-electron chi connectivity index (χ3n) is 3.05. The zero-order valence-corrected chi connectivity index (χ0v) is 12.0. The Morgan fingerprint density at radius 1 is 1.05 bits per heavy atom. The molecule has 100 valence electrons. The summed E-state index contributed by atoms with van der Waals surface area (Å²) in [7, 11) is 0. The molecule has 2 nitrogen and oxygen atoms in total. The summed E-state index contributed by atoms with van der Waals surface area (Å²) in [6.07, 6.45) is 0. The lowest BCUT2D eigenvalue weighted by molar-refractivity contribution is 0.628. The van der Waals surface area contributed by atoms with Crippen LogP contribution < -0.4 is 0 Å². The molecule has 0 saturated carbocycles. The molecule has 0 N–H and O–H groups in total. The molecule has 0 amide bonds. The lowest BCUT2D eigenvalue weighted by atomic mass is 10.1. The van der Waals surface area contributed by atoms with E-state index in [1.807, 2.05) is 13.0 Å². The predicted molar refractivity (Wildman–Crippen MR) is 79.7 cm³/mol. The quantitative estimate of drug-likeness (QED) is 0.588. The fourth-order valence-electron chi connectivity index (χ4n) is 2.07. The molecule has 1 aromatic heterocycles. The average molecular weight is 307 g/mol. The van der Waals surface area contributed by atoms with E-state index in [0.29, 0.717) is 27.1 Å². The van der Waals surface area contributed by atoms with Crippen molar-refractivity contribution in [1.29, 1.82) is 0 Å². The molecular formula is C15H9Cl2FN2. The Hall–Kier alpha value is -1.71. The lowest BCUT2D eigenvalue weighted by Gasteiger charge is -2.08. The third kappa shape index (κ3) is 2.23. The molecule has 0 fully saturated rings. The van der Waals surface area contributed by atoms with Crippen LogP contribution in [0.25, 0.3) is 22.3 Å². The topological polar surface area (TPSA) is 25.8 Å². The van der Waals surface area contributed by atoms with Gasteiger partial charge < -0.3 is 0 Å². The molecule has 3 aromatic rings. The van der Waals surface area contributed by atoms with Crippen molar-refractivity contribution in [3.8, 4) is 11.4 Å². The lowest BCUT2D eigenvalue weighted by Crippen LogP contribution is -1.94. The van der Waals surface area contributed by atoms with Crippen molar-refractivity contribution in [3.05, 3.63) is 58.0 Å². The van der Waals surface area contributed by atoms with E-state index in [4.69, 9.17) is 23.2 Å². The maximum atomic E-state index is 13.3. The van der Waals surface area contributed by atoms with E-state index in [1.165, 1.54) is 12.1 Å². The van der Waals surface area contributed by atoms with Gasteiger partial charge in [-0.05, 0) is 30.7 Å². The highest BCUT2D eigenvalue weighted by atomic mass is 35.5. The number of aromatic nitrogens is 2. The Bertz CT molecular complexity index is 818. The van der Waals surface area contributed by atoms with Crippen LogP contribution in [0.1, 0.15) is 5.56 Å². The summed E-state index contributed by atoms with van der Waals surface area (Å²) < 4.78 is 13.3. The van der Waals surface area contributed by atoms with Crippen LogP contribution in [0.3, 0.4) is 0 Å². The van der Waals surface area contributed by atoms with Crippen molar-refractivity contribution in [2.45, 2.75) is 6.92 Å². The normalized spacial score (nSPS) is 11.0. The molecule has 0 bridgehead atoms. The number of rotatable bonds is 1. The van der Waals surface area contributed by atoms with Crippen LogP contribution in [0.5, 0.6) is 0 Å². The molecule has 0 aliphatic heterocycles. The van der Waals surface area contributed by atoms with E-state index >= 15 is 0 Å². The molecule has 0 aliphatic rings. The molecule has 20 heavy (non-hydrogen) atoms. The zero-order valence-electron chi connectivity index (χ0n) is 10.5. The van der Waals surface area contributed by atoms with Gasteiger partial charge in [-0.2, -0.15) is 0 Å². The van der Waals surface area contributed by atoms with Crippen molar-refractivity contribution in [1.82, 2.24) is 9.97 Å². The van der Waals surface area contributed by atoms with Gasteiger partial charge in [0.1, 0.15) is 11.0 Å². The SMILES string of the molecule is Cc1ccc(Cl)c2nc(-c3cccc(F)c3)nc(Cl)c12. The Morgan fingerprint density at radius 3 is 2.60 bits per heavy atom. The highest BCUT2D eigenvalue weighted by Gasteiger charge is 2.12. The zero-order chi connectivity index (χ0) is 14.3. The summed E-state index contributed by atoms with van der Waals surface area (Å²) in [5.41, 5.74) is 2.08. The Morgan fingerprint density at radius 2 is 1.85 bits per heavy atom. The van der Waals surface area contributed by atoms with Gasteiger partial charge in [-0.25, -0.2) is 14.4 Å². The smallest absolute Gasteiger partial charge is 0.161 e. The number of hydrogen-bond acceptors (Lipinski definition) is 2. The molecular weight excluding hydrogens is 298 g/mol. The standard InChI is InChI=1S/C15H9Cl2FN2/c1-8-5-6-11(16)13-12(8)14(17)20-15(19-13)9-3-2-4-10(18)7-9/h2-7H,1H3. The fourth-order valence-corrected chi connectivity index (χ4v) is 2.59. The molecule has 0 aliphatic carbocycles. The highest BCUT2D eigenvalue weighted by molar-refractivity contribution is 6.38. The summed E-state index contributed by atoms with van der Waals surface area (Å²) in [6.45, 7) is 1.91. The van der Waals surface area contributed by atoms with Gasteiger partial charge in [0, 0.05) is 10.9 Å². The number of aryl methyl sites for hydroxylation is 1. The maximum absolute atomic E-state index is 13.3. The van der Waals surface area contributed by atoms with E-state index in [1.54, 1.807) is 18.2 Å². The van der Waals surface area contributed by atoms with E-state index in [-0.39, 0.29) is 5.82 Å². The van der Waals surface area contributed by atoms with Gasteiger partial charge in [0.05, 0.1) is 10.5 Å². The minimum atomic E-state index is -0.349. The van der Waals surface area contributed by atoms with Gasteiger partial charge in [0.2, 0.25) is 0 Å². The molecule has 2 aromatic carbocycles. The first kappa shape index (κ1) is 13.3. The Balaban J connectivity index is 2.32.